The van der Waals surface area contributed by atoms with Crippen molar-refractivity contribution in [3.05, 3.63) is 18.0 Å². The minimum atomic E-state index is 0.574. The van der Waals surface area contributed by atoms with E-state index in [1.165, 1.54) is 31.4 Å². The van der Waals surface area contributed by atoms with Gasteiger partial charge in [0.15, 0.2) is 0 Å². The van der Waals surface area contributed by atoms with Crippen LogP contribution in [0.3, 0.4) is 0 Å². The lowest BCUT2D eigenvalue weighted by Gasteiger charge is -2.27. The summed E-state index contributed by atoms with van der Waals surface area (Å²) in [5.74, 6) is 0.780. The van der Waals surface area contributed by atoms with Gasteiger partial charge in [-0.1, -0.05) is 33.6 Å². The molecule has 3 heteroatoms. The van der Waals surface area contributed by atoms with Crippen LogP contribution in [0.15, 0.2) is 12.3 Å². The molecule has 1 aromatic heterocycles. The molecule has 0 saturated heterocycles. The summed E-state index contributed by atoms with van der Waals surface area (Å²) in [5, 5.41) is 8.17. The Bertz CT molecular complexity index is 313. The summed E-state index contributed by atoms with van der Waals surface area (Å²) >= 11 is 0. The zero-order valence-corrected chi connectivity index (χ0v) is 12.4. The summed E-state index contributed by atoms with van der Waals surface area (Å²) in [6.07, 6.45) is 8.27. The molecule has 0 aliphatic heterocycles. The molecule has 0 amide bonds. The lowest BCUT2D eigenvalue weighted by molar-refractivity contribution is 0.310. The Morgan fingerprint density at radius 1 is 1.22 bits per heavy atom. The summed E-state index contributed by atoms with van der Waals surface area (Å²) in [7, 11) is 1.99. The van der Waals surface area contributed by atoms with Crippen molar-refractivity contribution in [1.82, 2.24) is 15.1 Å². The predicted octanol–water partition coefficient (Wildman–Crippen LogP) is 3.16. The minimum absolute atomic E-state index is 0.574. The van der Waals surface area contributed by atoms with E-state index >= 15 is 0 Å². The molecule has 1 unspecified atom stereocenters. The van der Waals surface area contributed by atoms with Gasteiger partial charge >= 0.3 is 0 Å². The molecule has 1 atom stereocenters. The van der Waals surface area contributed by atoms with Gasteiger partial charge in [-0.2, -0.15) is 5.10 Å². The van der Waals surface area contributed by atoms with Crippen molar-refractivity contribution in [2.45, 2.75) is 58.9 Å². The molecule has 0 aliphatic carbocycles. The topological polar surface area (TPSA) is 29.9 Å². The number of nitrogens with one attached hydrogen (secondary N) is 1. The van der Waals surface area contributed by atoms with Crippen LogP contribution in [-0.4, -0.2) is 22.4 Å². The molecular formula is C15H29N3. The molecule has 1 rings (SSSR count). The molecule has 0 bridgehead atoms. The van der Waals surface area contributed by atoms with Crippen LogP contribution in [0.5, 0.6) is 0 Å². The lowest BCUT2D eigenvalue weighted by Crippen LogP contribution is -2.38. The standard InChI is InChI=1S/C15H29N3/c1-5-8-13(9-6-2)15(16-7-3)12-14-10-11-18(4)17-14/h10-11,13,15-16H,5-9,12H2,1-4H3. The highest BCUT2D eigenvalue weighted by molar-refractivity contribution is 5.02. The van der Waals surface area contributed by atoms with E-state index in [4.69, 9.17) is 0 Å². The molecule has 0 aliphatic rings. The summed E-state index contributed by atoms with van der Waals surface area (Å²) in [6, 6.07) is 2.71. The first-order chi connectivity index (χ1) is 8.71. The largest absolute Gasteiger partial charge is 0.314 e. The molecule has 0 aromatic carbocycles. The maximum atomic E-state index is 4.51. The Kier molecular flexibility index (Phi) is 7.02. The third kappa shape index (κ3) is 4.81. The van der Waals surface area contributed by atoms with Crippen LogP contribution in [-0.2, 0) is 13.5 Å². The lowest BCUT2D eigenvalue weighted by atomic mass is 9.87. The van der Waals surface area contributed by atoms with E-state index in [0.29, 0.717) is 6.04 Å². The first kappa shape index (κ1) is 15.2. The van der Waals surface area contributed by atoms with Gasteiger partial charge in [-0.25, -0.2) is 0 Å². The number of aromatic nitrogens is 2. The summed E-state index contributed by atoms with van der Waals surface area (Å²) in [5.41, 5.74) is 1.21. The van der Waals surface area contributed by atoms with Gasteiger partial charge in [0.1, 0.15) is 0 Å². The molecule has 0 spiro atoms. The molecule has 3 nitrogen and oxygen atoms in total. The van der Waals surface area contributed by atoms with Crippen molar-refractivity contribution >= 4 is 0 Å². The van der Waals surface area contributed by atoms with E-state index in [1.807, 2.05) is 17.9 Å². The normalized spacial score (nSPS) is 13.2. The quantitative estimate of drug-likeness (QED) is 0.730. The molecule has 1 N–H and O–H groups in total. The van der Waals surface area contributed by atoms with E-state index in [9.17, 15) is 0 Å². The van der Waals surface area contributed by atoms with Crippen LogP contribution >= 0.6 is 0 Å². The third-order valence-electron chi connectivity index (χ3n) is 3.55. The van der Waals surface area contributed by atoms with Crippen molar-refractivity contribution in [3.63, 3.8) is 0 Å². The van der Waals surface area contributed by atoms with E-state index in [1.54, 1.807) is 0 Å². The van der Waals surface area contributed by atoms with Crippen molar-refractivity contribution in [1.29, 1.82) is 0 Å². The van der Waals surface area contributed by atoms with Crippen LogP contribution in [0.4, 0.5) is 0 Å². The maximum absolute atomic E-state index is 4.51. The van der Waals surface area contributed by atoms with Crippen LogP contribution in [0.25, 0.3) is 0 Å². The molecular weight excluding hydrogens is 222 g/mol. The second-order valence-corrected chi connectivity index (χ2v) is 5.19. The zero-order chi connectivity index (χ0) is 13.4. The summed E-state index contributed by atoms with van der Waals surface area (Å²) in [6.45, 7) is 7.81. The van der Waals surface area contributed by atoms with Gasteiger partial charge in [-0.15, -0.1) is 0 Å². The summed E-state index contributed by atoms with van der Waals surface area (Å²) in [4.78, 5) is 0. The number of rotatable bonds is 9. The fraction of sp³-hybridized carbons (Fsp3) is 0.800. The Balaban J connectivity index is 2.66. The molecule has 1 heterocycles. The van der Waals surface area contributed by atoms with Gasteiger partial charge in [0, 0.05) is 25.7 Å². The average molecular weight is 251 g/mol. The van der Waals surface area contributed by atoms with Gasteiger partial charge in [0.2, 0.25) is 0 Å². The van der Waals surface area contributed by atoms with Gasteiger partial charge in [0.05, 0.1) is 5.69 Å². The van der Waals surface area contributed by atoms with E-state index in [0.717, 1.165) is 18.9 Å². The molecule has 104 valence electrons. The molecule has 0 saturated carbocycles. The zero-order valence-electron chi connectivity index (χ0n) is 12.4. The second kappa shape index (κ2) is 8.30. The highest BCUT2D eigenvalue weighted by Crippen LogP contribution is 2.20. The van der Waals surface area contributed by atoms with Crippen molar-refractivity contribution in [2.24, 2.45) is 13.0 Å². The number of hydrogen-bond acceptors (Lipinski definition) is 2. The van der Waals surface area contributed by atoms with E-state index in [2.05, 4.69) is 37.3 Å². The van der Waals surface area contributed by atoms with Gasteiger partial charge in [0.25, 0.3) is 0 Å². The van der Waals surface area contributed by atoms with Crippen LogP contribution < -0.4 is 5.32 Å². The van der Waals surface area contributed by atoms with Crippen molar-refractivity contribution < 1.29 is 0 Å². The van der Waals surface area contributed by atoms with Crippen LogP contribution in [0.1, 0.15) is 52.1 Å². The minimum Gasteiger partial charge on any atom is -0.314 e. The van der Waals surface area contributed by atoms with Crippen molar-refractivity contribution in [2.75, 3.05) is 6.54 Å². The molecule has 1 aromatic rings. The maximum Gasteiger partial charge on any atom is 0.0640 e. The number of likely N-dealkylation sites (N-methyl/N-ethyl adjacent to an activating group) is 1. The van der Waals surface area contributed by atoms with Crippen LogP contribution in [0.2, 0.25) is 0 Å². The fourth-order valence-electron chi connectivity index (χ4n) is 2.75. The predicted molar refractivity (Wildman–Crippen MR) is 77.7 cm³/mol. The molecule has 0 radical (unpaired) electrons. The highest BCUT2D eigenvalue weighted by Gasteiger charge is 2.20. The van der Waals surface area contributed by atoms with Crippen molar-refractivity contribution in [3.8, 4) is 0 Å². The highest BCUT2D eigenvalue weighted by atomic mass is 15.2. The summed E-state index contributed by atoms with van der Waals surface area (Å²) < 4.78 is 1.90. The first-order valence-corrected chi connectivity index (χ1v) is 7.43. The van der Waals surface area contributed by atoms with Gasteiger partial charge in [-0.3, -0.25) is 4.68 Å². The Labute approximate surface area is 112 Å². The Morgan fingerprint density at radius 3 is 2.33 bits per heavy atom. The van der Waals surface area contributed by atoms with E-state index in [-0.39, 0.29) is 0 Å². The molecule has 18 heavy (non-hydrogen) atoms. The Hall–Kier alpha value is -0.830. The average Bonchev–Trinajstić information content (AvgIpc) is 2.74. The Morgan fingerprint density at radius 2 is 1.89 bits per heavy atom. The number of aryl methyl sites for hydroxylation is 1. The van der Waals surface area contributed by atoms with Gasteiger partial charge < -0.3 is 5.32 Å². The monoisotopic (exact) mass is 251 g/mol. The fourth-order valence-corrected chi connectivity index (χ4v) is 2.75. The van der Waals surface area contributed by atoms with Crippen LogP contribution in [0, 0.1) is 5.92 Å². The number of nitrogens with zero attached hydrogens (tertiary/aromatic N) is 2. The SMILES string of the molecule is CCCC(CCC)C(Cc1ccn(C)n1)NCC. The number of hydrogen-bond donors (Lipinski definition) is 1. The van der Waals surface area contributed by atoms with E-state index < -0.39 is 0 Å². The smallest absolute Gasteiger partial charge is 0.0640 e. The first-order valence-electron chi connectivity index (χ1n) is 7.43. The third-order valence-corrected chi connectivity index (χ3v) is 3.55. The second-order valence-electron chi connectivity index (χ2n) is 5.19. The van der Waals surface area contributed by atoms with Gasteiger partial charge in [-0.05, 0) is 31.4 Å². The molecule has 0 fully saturated rings.